The van der Waals surface area contributed by atoms with E-state index < -0.39 is 49.5 Å². The van der Waals surface area contributed by atoms with E-state index in [9.17, 15) is 35.1 Å². The molecule has 6 N–H and O–H groups in total. The van der Waals surface area contributed by atoms with Gasteiger partial charge in [0.05, 0.1) is 32.0 Å². The lowest BCUT2D eigenvalue weighted by Crippen LogP contribution is -2.60. The highest BCUT2D eigenvalue weighted by Crippen LogP contribution is 2.23. The normalized spacial score (nSPS) is 18.6. The number of carbonyl (C=O) groups excluding carboxylic acids is 2. The lowest BCUT2D eigenvalue weighted by molar-refractivity contribution is -0.302. The Bertz CT molecular complexity index is 1530. The van der Waals surface area contributed by atoms with Gasteiger partial charge in [0.1, 0.15) is 24.4 Å². The number of allylic oxidation sites excluding steroid dienone is 9. The Morgan fingerprint density at radius 2 is 0.840 bits per heavy atom. The van der Waals surface area contributed by atoms with Crippen molar-refractivity contribution in [1.29, 1.82) is 0 Å². The van der Waals surface area contributed by atoms with Gasteiger partial charge in [-0.05, 0) is 96.3 Å². The van der Waals surface area contributed by atoms with Crippen molar-refractivity contribution in [2.45, 2.75) is 352 Å². The topological polar surface area (TPSA) is 175 Å². The van der Waals surface area contributed by atoms with Crippen molar-refractivity contribution in [1.82, 2.24) is 5.32 Å². The fraction of sp³-hybridized carbons (Fsp3) is 0.829. The minimum absolute atomic E-state index is 0.00137. The van der Waals surface area contributed by atoms with Crippen LogP contribution in [0.2, 0.25) is 0 Å². The number of rotatable bonds is 59. The number of aliphatic hydroxyl groups is 5. The molecule has 1 amide bonds. The van der Waals surface area contributed by atoms with Crippen LogP contribution in [0.1, 0.15) is 309 Å². The van der Waals surface area contributed by atoms with Gasteiger partial charge < -0.3 is 45.1 Å². The third-order valence-electron chi connectivity index (χ3n) is 15.8. The maximum atomic E-state index is 13.0. The van der Waals surface area contributed by atoms with Crippen LogP contribution in [-0.2, 0) is 23.8 Å². The van der Waals surface area contributed by atoms with Crippen LogP contribution in [-0.4, -0.2) is 100 Å². The first-order valence-electron chi connectivity index (χ1n) is 34.1. The first-order chi connectivity index (χ1) is 39.7. The Balaban J connectivity index is 1.94. The van der Waals surface area contributed by atoms with Crippen molar-refractivity contribution in [2.24, 2.45) is 0 Å². The van der Waals surface area contributed by atoms with Crippen LogP contribution in [0, 0.1) is 0 Å². The Morgan fingerprint density at radius 1 is 0.457 bits per heavy atom. The molecule has 0 saturated carbocycles. The molecule has 0 bridgehead atoms. The monoisotopic (exact) mass is 1140 g/mol. The predicted molar refractivity (Wildman–Crippen MR) is 338 cm³/mol. The van der Waals surface area contributed by atoms with E-state index in [2.05, 4.69) is 67.8 Å². The van der Waals surface area contributed by atoms with Gasteiger partial charge in [0.25, 0.3) is 0 Å². The number of hydrogen-bond donors (Lipinski definition) is 6. The van der Waals surface area contributed by atoms with E-state index >= 15 is 0 Å². The van der Waals surface area contributed by atoms with Crippen LogP contribution in [0.3, 0.4) is 0 Å². The molecule has 472 valence electrons. The highest BCUT2D eigenvalue weighted by Gasteiger charge is 2.44. The molecule has 1 aliphatic heterocycles. The molecule has 0 aromatic rings. The number of carbonyl (C=O) groups is 2. The van der Waals surface area contributed by atoms with Crippen LogP contribution >= 0.6 is 0 Å². The zero-order valence-electron chi connectivity index (χ0n) is 52.2. The fourth-order valence-corrected chi connectivity index (χ4v) is 10.5. The lowest BCUT2D eigenvalue weighted by atomic mass is 9.99. The molecule has 0 aromatic heterocycles. The van der Waals surface area contributed by atoms with Crippen LogP contribution < -0.4 is 5.32 Å². The molecule has 1 fully saturated rings. The molecular weight excluding hydrogens is 1010 g/mol. The summed E-state index contributed by atoms with van der Waals surface area (Å²) in [6.45, 7) is 4.18. The van der Waals surface area contributed by atoms with Gasteiger partial charge in [-0.1, -0.05) is 261 Å². The average Bonchev–Trinajstić information content (AvgIpc) is 3.46. The summed E-state index contributed by atoms with van der Waals surface area (Å²) in [5.74, 6) is -0.197. The van der Waals surface area contributed by atoms with Crippen LogP contribution in [0.5, 0.6) is 0 Å². The molecule has 0 radical (unpaired) electrons. The standard InChI is InChI=1S/C70H127NO10/c1-3-5-7-9-11-13-37-42-46-50-54-58-66(75)79-59-55-51-47-43-39-36-34-32-30-28-26-24-22-20-18-16-15-17-19-21-23-25-27-29-31-33-35-38-41-45-49-53-57-65(74)71-62(61-80-70-69(78)68(77)67(76)64(60-72)81-70)63(73)56-52-48-44-40-14-12-10-8-6-4-2/h6,8-9,11,14,18,20,40,52,56,62-64,67-70,72-73,76-78H,3-5,7,10,12-13,15-17,19,21-39,41-51,53-55,57-61H2,1-2H3,(H,71,74)/b8-6+,11-9-,20-18-,40-14+,56-52+. The summed E-state index contributed by atoms with van der Waals surface area (Å²) in [5.41, 5.74) is 0. The van der Waals surface area contributed by atoms with E-state index in [0.717, 1.165) is 70.6 Å². The summed E-state index contributed by atoms with van der Waals surface area (Å²) in [4.78, 5) is 25.0. The van der Waals surface area contributed by atoms with E-state index in [1.165, 1.54) is 212 Å². The van der Waals surface area contributed by atoms with E-state index in [4.69, 9.17) is 14.2 Å². The minimum atomic E-state index is -1.58. The molecule has 0 aromatic carbocycles. The number of unbranched alkanes of at least 4 members (excludes halogenated alkanes) is 37. The quantitative estimate of drug-likeness (QED) is 0.0195. The van der Waals surface area contributed by atoms with E-state index in [1.807, 2.05) is 6.08 Å². The van der Waals surface area contributed by atoms with Gasteiger partial charge in [-0.3, -0.25) is 9.59 Å². The Hall–Kier alpha value is -2.64. The smallest absolute Gasteiger partial charge is 0.305 e. The highest BCUT2D eigenvalue weighted by atomic mass is 16.7. The first kappa shape index (κ1) is 76.4. The van der Waals surface area contributed by atoms with Crippen LogP contribution in [0.25, 0.3) is 0 Å². The summed E-state index contributed by atoms with van der Waals surface area (Å²) in [5, 5.41) is 54.3. The van der Waals surface area contributed by atoms with Crippen molar-refractivity contribution in [2.75, 3.05) is 19.8 Å². The summed E-state index contributed by atoms with van der Waals surface area (Å²) in [6.07, 6.45) is 68.1. The van der Waals surface area contributed by atoms with Crippen LogP contribution in [0.15, 0.2) is 60.8 Å². The largest absolute Gasteiger partial charge is 0.466 e. The minimum Gasteiger partial charge on any atom is -0.466 e. The second-order valence-electron chi connectivity index (χ2n) is 23.5. The third kappa shape index (κ3) is 48.3. The maximum absolute atomic E-state index is 13.0. The maximum Gasteiger partial charge on any atom is 0.305 e. The van der Waals surface area contributed by atoms with Crippen molar-refractivity contribution in [3.8, 4) is 0 Å². The number of aliphatic hydroxyl groups excluding tert-OH is 5. The number of hydrogen-bond acceptors (Lipinski definition) is 10. The van der Waals surface area contributed by atoms with Gasteiger partial charge in [-0.25, -0.2) is 0 Å². The number of amides is 1. The molecule has 7 atom stereocenters. The van der Waals surface area contributed by atoms with Crippen molar-refractivity contribution < 1.29 is 49.3 Å². The zero-order chi connectivity index (χ0) is 58.7. The molecule has 81 heavy (non-hydrogen) atoms. The second-order valence-corrected chi connectivity index (χ2v) is 23.5. The van der Waals surface area contributed by atoms with Gasteiger partial charge >= 0.3 is 5.97 Å². The molecule has 1 rings (SSSR count). The van der Waals surface area contributed by atoms with Crippen LogP contribution in [0.4, 0.5) is 0 Å². The van der Waals surface area contributed by atoms with Gasteiger partial charge in [0.2, 0.25) is 5.91 Å². The molecule has 11 nitrogen and oxygen atoms in total. The van der Waals surface area contributed by atoms with Gasteiger partial charge in [0, 0.05) is 12.8 Å². The highest BCUT2D eigenvalue weighted by molar-refractivity contribution is 5.76. The SMILES string of the molecule is CC/C=C/CC/C=C/CC/C=C/C(O)C(COC1OC(CO)C(O)C(O)C1O)NC(=O)CCCCCCCCCCCCCCCCCC/C=C\CCCCCCCCCCCCCCOC(=O)CCCCCCC/C=C\CCCC. The first-order valence-corrected chi connectivity index (χ1v) is 34.1. The molecular formula is C70H127NO10. The molecule has 1 aliphatic rings. The number of nitrogens with one attached hydrogen (secondary N) is 1. The predicted octanol–water partition coefficient (Wildman–Crippen LogP) is 17.0. The molecule has 0 aliphatic carbocycles. The summed E-state index contributed by atoms with van der Waals surface area (Å²) >= 11 is 0. The molecule has 7 unspecified atom stereocenters. The van der Waals surface area contributed by atoms with Gasteiger partial charge in [-0.2, -0.15) is 0 Å². The Labute approximate surface area is 497 Å². The van der Waals surface area contributed by atoms with Crippen molar-refractivity contribution in [3.05, 3.63) is 60.8 Å². The van der Waals surface area contributed by atoms with Gasteiger partial charge in [0.15, 0.2) is 6.29 Å². The van der Waals surface area contributed by atoms with E-state index in [-0.39, 0.29) is 18.5 Å². The molecule has 1 saturated heterocycles. The van der Waals surface area contributed by atoms with E-state index in [0.29, 0.717) is 19.4 Å². The number of ether oxygens (including phenoxy) is 3. The average molecular weight is 1140 g/mol. The lowest BCUT2D eigenvalue weighted by Gasteiger charge is -2.40. The fourth-order valence-electron chi connectivity index (χ4n) is 10.5. The van der Waals surface area contributed by atoms with Crippen molar-refractivity contribution >= 4 is 11.9 Å². The Kier molecular flexibility index (Phi) is 55.7. The summed E-state index contributed by atoms with van der Waals surface area (Å²) in [6, 6.07) is -0.832. The van der Waals surface area contributed by atoms with Gasteiger partial charge in [-0.15, -0.1) is 0 Å². The molecule has 1 heterocycles. The summed E-state index contributed by atoms with van der Waals surface area (Å²) < 4.78 is 16.7. The second kappa shape index (κ2) is 59.1. The molecule has 11 heteroatoms. The number of esters is 1. The van der Waals surface area contributed by atoms with E-state index in [1.54, 1.807) is 6.08 Å². The molecule has 0 spiro atoms. The third-order valence-corrected chi connectivity index (χ3v) is 15.8. The summed E-state index contributed by atoms with van der Waals surface area (Å²) in [7, 11) is 0. The van der Waals surface area contributed by atoms with Crippen molar-refractivity contribution in [3.63, 3.8) is 0 Å². The Morgan fingerprint density at radius 3 is 1.28 bits per heavy atom. The zero-order valence-corrected chi connectivity index (χ0v) is 52.2.